The number of aryl methyl sites for hydroxylation is 2. The molecule has 1 N–H and O–H groups in total. The molecule has 7 nitrogen and oxygen atoms in total. The Morgan fingerprint density at radius 1 is 1.38 bits per heavy atom. The van der Waals surface area contributed by atoms with Gasteiger partial charge in [-0.05, 0) is 31.9 Å². The Morgan fingerprint density at radius 2 is 2.24 bits per heavy atom. The Morgan fingerprint density at radius 3 is 3.03 bits per heavy atom. The van der Waals surface area contributed by atoms with Gasteiger partial charge in [0.05, 0.1) is 11.5 Å². The molecular weight excluding hydrogens is 386 g/mol. The van der Waals surface area contributed by atoms with Crippen LogP contribution in [0.2, 0.25) is 0 Å². The molecule has 1 atom stereocenters. The number of nitrogens with one attached hydrogen (secondary N) is 1. The summed E-state index contributed by atoms with van der Waals surface area (Å²) < 4.78 is 5.06. The first-order valence-electron chi connectivity index (χ1n) is 9.78. The van der Waals surface area contributed by atoms with Crippen molar-refractivity contribution < 1.29 is 9.53 Å². The molecule has 0 aromatic carbocycles. The minimum atomic E-state index is -0.0489. The van der Waals surface area contributed by atoms with E-state index < -0.39 is 0 Å². The Bertz CT molecular complexity index is 1010. The van der Waals surface area contributed by atoms with Crippen molar-refractivity contribution in [3.8, 4) is 0 Å². The number of hydrogen-bond acceptors (Lipinski definition) is 7. The molecule has 1 fully saturated rings. The van der Waals surface area contributed by atoms with Gasteiger partial charge in [-0.1, -0.05) is 6.07 Å². The molecule has 29 heavy (non-hydrogen) atoms. The maximum atomic E-state index is 12.9. The Hall–Kier alpha value is -2.58. The molecule has 0 aliphatic carbocycles. The first kappa shape index (κ1) is 19.7. The van der Waals surface area contributed by atoms with Crippen molar-refractivity contribution in [3.05, 3.63) is 46.4 Å². The Labute approximate surface area is 174 Å². The zero-order valence-electron chi connectivity index (χ0n) is 16.9. The van der Waals surface area contributed by atoms with Crippen LogP contribution in [0, 0.1) is 13.8 Å². The normalized spacial score (nSPS) is 16.5. The number of nitrogens with zero attached hydrogens (tertiary/aromatic N) is 4. The van der Waals surface area contributed by atoms with Gasteiger partial charge in [0.2, 0.25) is 0 Å². The van der Waals surface area contributed by atoms with E-state index in [9.17, 15) is 4.79 Å². The van der Waals surface area contributed by atoms with E-state index in [1.807, 2.05) is 26.0 Å². The van der Waals surface area contributed by atoms with Crippen molar-refractivity contribution in [1.29, 1.82) is 0 Å². The predicted molar refractivity (Wildman–Crippen MR) is 115 cm³/mol. The molecule has 1 saturated heterocycles. The van der Waals surface area contributed by atoms with Gasteiger partial charge in [-0.2, -0.15) is 0 Å². The highest BCUT2D eigenvalue weighted by molar-refractivity contribution is 7.20. The van der Waals surface area contributed by atoms with Gasteiger partial charge in [-0.15, -0.1) is 11.3 Å². The number of carbonyl (C=O) groups excluding carboxylic acids is 1. The number of hydrogen-bond donors (Lipinski definition) is 1. The minimum Gasteiger partial charge on any atom is -0.383 e. The van der Waals surface area contributed by atoms with Crippen LogP contribution < -0.4 is 10.2 Å². The van der Waals surface area contributed by atoms with E-state index in [1.165, 1.54) is 11.3 Å². The minimum absolute atomic E-state index is 0.0489. The van der Waals surface area contributed by atoms with E-state index in [1.54, 1.807) is 13.3 Å². The summed E-state index contributed by atoms with van der Waals surface area (Å²) in [6, 6.07) is 6.04. The number of aromatic nitrogens is 3. The van der Waals surface area contributed by atoms with Crippen LogP contribution >= 0.6 is 11.3 Å². The zero-order valence-corrected chi connectivity index (χ0v) is 17.8. The van der Waals surface area contributed by atoms with Crippen LogP contribution in [-0.2, 0) is 4.74 Å². The molecule has 0 bridgehead atoms. The standard InChI is InChI=1S/C21H25N5O2S/c1-13-11-17(25-14(2)24-13)26-9-6-15(12-26)18-16-5-4-7-23-21(16)29-19(18)20(27)22-8-10-28-3/h4-5,7,11,15H,6,8-10,12H2,1-3H3,(H,22,27). The Balaban J connectivity index is 1.64. The second-order valence-corrected chi connectivity index (χ2v) is 8.30. The molecule has 8 heteroatoms. The largest absolute Gasteiger partial charge is 0.383 e. The van der Waals surface area contributed by atoms with Crippen molar-refractivity contribution in [2.45, 2.75) is 26.2 Å². The monoisotopic (exact) mass is 411 g/mol. The molecule has 1 unspecified atom stereocenters. The molecule has 0 spiro atoms. The maximum Gasteiger partial charge on any atom is 0.261 e. The van der Waals surface area contributed by atoms with Gasteiger partial charge in [0, 0.05) is 56.0 Å². The van der Waals surface area contributed by atoms with Gasteiger partial charge < -0.3 is 15.0 Å². The van der Waals surface area contributed by atoms with Crippen molar-refractivity contribution >= 4 is 33.3 Å². The van der Waals surface area contributed by atoms with Crippen LogP contribution in [0.25, 0.3) is 10.2 Å². The fourth-order valence-corrected chi connectivity index (χ4v) is 5.08. The van der Waals surface area contributed by atoms with E-state index in [2.05, 4.69) is 31.2 Å². The summed E-state index contributed by atoms with van der Waals surface area (Å²) >= 11 is 1.47. The number of methoxy groups -OCH3 is 1. The van der Waals surface area contributed by atoms with Crippen LogP contribution in [0.5, 0.6) is 0 Å². The fourth-order valence-electron chi connectivity index (χ4n) is 3.94. The number of thiophene rings is 1. The van der Waals surface area contributed by atoms with Crippen LogP contribution in [0.1, 0.15) is 39.1 Å². The zero-order chi connectivity index (χ0) is 20.4. The molecule has 4 heterocycles. The average Bonchev–Trinajstić information content (AvgIpc) is 3.32. The predicted octanol–water partition coefficient (Wildman–Crippen LogP) is 3.07. The number of pyridine rings is 1. The highest BCUT2D eigenvalue weighted by Crippen LogP contribution is 2.40. The molecule has 1 amide bonds. The lowest BCUT2D eigenvalue weighted by atomic mass is 9.95. The molecule has 3 aromatic rings. The number of anilines is 1. The van der Waals surface area contributed by atoms with Gasteiger partial charge >= 0.3 is 0 Å². The lowest BCUT2D eigenvalue weighted by Crippen LogP contribution is -2.27. The van der Waals surface area contributed by atoms with E-state index in [4.69, 9.17) is 4.74 Å². The number of amides is 1. The third kappa shape index (κ3) is 4.09. The first-order valence-corrected chi connectivity index (χ1v) is 10.6. The molecule has 0 radical (unpaired) electrons. The Kier molecular flexibility index (Phi) is 5.73. The summed E-state index contributed by atoms with van der Waals surface area (Å²) in [6.07, 6.45) is 2.75. The van der Waals surface area contributed by atoms with Crippen molar-refractivity contribution in [2.75, 3.05) is 38.3 Å². The van der Waals surface area contributed by atoms with Crippen LogP contribution in [-0.4, -0.2) is 54.2 Å². The highest BCUT2D eigenvalue weighted by atomic mass is 32.1. The number of ether oxygens (including phenoxy) is 1. The summed E-state index contributed by atoms with van der Waals surface area (Å²) in [5.74, 6) is 1.95. The van der Waals surface area contributed by atoms with Crippen molar-refractivity contribution in [2.24, 2.45) is 0 Å². The summed E-state index contributed by atoms with van der Waals surface area (Å²) in [6.45, 7) is 6.63. The van der Waals surface area contributed by atoms with Gasteiger partial charge in [0.1, 0.15) is 16.5 Å². The van der Waals surface area contributed by atoms with Crippen molar-refractivity contribution in [1.82, 2.24) is 20.3 Å². The lowest BCUT2D eigenvalue weighted by molar-refractivity contribution is 0.0940. The smallest absolute Gasteiger partial charge is 0.261 e. The first-order chi connectivity index (χ1) is 14.1. The number of carbonyl (C=O) groups is 1. The highest BCUT2D eigenvalue weighted by Gasteiger charge is 2.31. The van der Waals surface area contributed by atoms with Gasteiger partial charge in [-0.25, -0.2) is 15.0 Å². The quantitative estimate of drug-likeness (QED) is 0.628. The van der Waals surface area contributed by atoms with Crippen LogP contribution in [0.3, 0.4) is 0 Å². The van der Waals surface area contributed by atoms with Gasteiger partial charge in [0.15, 0.2) is 0 Å². The average molecular weight is 412 g/mol. The van der Waals surface area contributed by atoms with E-state index in [-0.39, 0.29) is 11.8 Å². The third-order valence-corrected chi connectivity index (χ3v) is 6.30. The van der Waals surface area contributed by atoms with E-state index >= 15 is 0 Å². The third-order valence-electron chi connectivity index (χ3n) is 5.18. The van der Waals surface area contributed by atoms with Gasteiger partial charge in [-0.3, -0.25) is 4.79 Å². The topological polar surface area (TPSA) is 80.2 Å². The molecule has 3 aromatic heterocycles. The van der Waals surface area contributed by atoms with Gasteiger partial charge in [0.25, 0.3) is 5.91 Å². The molecule has 0 saturated carbocycles. The summed E-state index contributed by atoms with van der Waals surface area (Å²) in [5, 5.41) is 4.05. The number of fused-ring (bicyclic) bond motifs is 1. The molecule has 1 aliphatic heterocycles. The second-order valence-electron chi connectivity index (χ2n) is 7.30. The molecule has 152 valence electrons. The second kappa shape index (κ2) is 8.42. The molecular formula is C21H25N5O2S. The van der Waals surface area contributed by atoms with Crippen LogP contribution in [0.15, 0.2) is 24.4 Å². The number of rotatable bonds is 6. The molecule has 1 aliphatic rings. The van der Waals surface area contributed by atoms with E-state index in [0.29, 0.717) is 13.2 Å². The lowest BCUT2D eigenvalue weighted by Gasteiger charge is -2.19. The maximum absolute atomic E-state index is 12.9. The molecule has 4 rings (SSSR count). The fraction of sp³-hybridized carbons (Fsp3) is 0.429. The van der Waals surface area contributed by atoms with Crippen molar-refractivity contribution in [3.63, 3.8) is 0 Å². The summed E-state index contributed by atoms with van der Waals surface area (Å²) in [4.78, 5) is 30.3. The summed E-state index contributed by atoms with van der Waals surface area (Å²) in [5.41, 5.74) is 2.08. The SMILES string of the molecule is COCCNC(=O)c1sc2ncccc2c1C1CCN(c2cc(C)nc(C)n2)C1. The van der Waals surface area contributed by atoms with E-state index in [0.717, 1.165) is 57.5 Å². The van der Waals surface area contributed by atoms with Crippen LogP contribution in [0.4, 0.5) is 5.82 Å². The summed E-state index contributed by atoms with van der Waals surface area (Å²) in [7, 11) is 1.63.